The zero-order valence-corrected chi connectivity index (χ0v) is 14.1. The van der Waals surface area contributed by atoms with Gasteiger partial charge in [0.15, 0.2) is 0 Å². The van der Waals surface area contributed by atoms with Gasteiger partial charge in [-0.15, -0.1) is 0 Å². The van der Waals surface area contributed by atoms with Gasteiger partial charge in [-0.3, -0.25) is 4.98 Å². The summed E-state index contributed by atoms with van der Waals surface area (Å²) >= 11 is 0. The third-order valence-electron chi connectivity index (χ3n) is 4.96. The van der Waals surface area contributed by atoms with Crippen molar-refractivity contribution in [2.45, 2.75) is 72.1 Å². The molecule has 1 aliphatic rings. The van der Waals surface area contributed by atoms with E-state index < -0.39 is 0 Å². The molecule has 0 atom stereocenters. The third kappa shape index (κ3) is 2.47. The van der Waals surface area contributed by atoms with E-state index in [0.717, 1.165) is 0 Å². The second-order valence-corrected chi connectivity index (χ2v) is 7.19. The van der Waals surface area contributed by atoms with Crippen molar-refractivity contribution >= 4 is 10.9 Å². The van der Waals surface area contributed by atoms with Crippen LogP contribution in [0.2, 0.25) is 0 Å². The second kappa shape index (κ2) is 5.44. The van der Waals surface area contributed by atoms with Crippen LogP contribution in [0.15, 0.2) is 12.1 Å². The van der Waals surface area contributed by atoms with Gasteiger partial charge in [0.05, 0.1) is 5.52 Å². The number of fused-ring (bicyclic) bond motifs is 2. The van der Waals surface area contributed by atoms with E-state index in [1.54, 1.807) is 11.1 Å². The zero-order valence-electron chi connectivity index (χ0n) is 14.1. The van der Waals surface area contributed by atoms with Gasteiger partial charge in [0.25, 0.3) is 0 Å². The van der Waals surface area contributed by atoms with Crippen LogP contribution < -0.4 is 0 Å². The Balaban J connectivity index is 2.36. The van der Waals surface area contributed by atoms with Crippen LogP contribution in [0.5, 0.6) is 0 Å². The standard InChI is InChI=1S/C20H27N/c1-12(2)17-11-19(13(3)4)21-20-14(5)16-9-7-6-8-15(16)10-18(17)20/h10-13H,6-9H2,1-5H3. The Morgan fingerprint density at radius 2 is 1.67 bits per heavy atom. The summed E-state index contributed by atoms with van der Waals surface area (Å²) < 4.78 is 0. The molecule has 0 fully saturated rings. The molecule has 0 N–H and O–H groups in total. The molecule has 0 saturated heterocycles. The lowest BCUT2D eigenvalue weighted by atomic mass is 9.84. The normalized spacial score (nSPS) is 15.0. The minimum Gasteiger partial charge on any atom is -0.252 e. The SMILES string of the molecule is Cc1c2c(cc3c(C(C)C)cc(C(C)C)nc13)CCCC2. The lowest BCUT2D eigenvalue weighted by molar-refractivity contribution is 0.683. The Bertz CT molecular complexity index is 680. The van der Waals surface area contributed by atoms with Gasteiger partial charge in [-0.1, -0.05) is 27.7 Å². The van der Waals surface area contributed by atoms with Gasteiger partial charge >= 0.3 is 0 Å². The molecular formula is C20H27N. The van der Waals surface area contributed by atoms with Crippen molar-refractivity contribution in [1.82, 2.24) is 4.98 Å². The van der Waals surface area contributed by atoms with E-state index in [-0.39, 0.29) is 0 Å². The quantitative estimate of drug-likeness (QED) is 0.691. The highest BCUT2D eigenvalue weighted by Gasteiger charge is 2.18. The minimum atomic E-state index is 0.488. The summed E-state index contributed by atoms with van der Waals surface area (Å²) in [6.45, 7) is 11.4. The molecule has 0 unspecified atom stereocenters. The molecular weight excluding hydrogens is 254 g/mol. The predicted octanol–water partition coefficient (Wildman–Crippen LogP) is 5.67. The van der Waals surface area contributed by atoms with E-state index in [0.29, 0.717) is 11.8 Å². The summed E-state index contributed by atoms with van der Waals surface area (Å²) in [5.74, 6) is 1.04. The molecule has 0 spiro atoms. The van der Waals surface area contributed by atoms with Crippen molar-refractivity contribution in [3.63, 3.8) is 0 Å². The van der Waals surface area contributed by atoms with Crippen LogP contribution in [0.4, 0.5) is 0 Å². The van der Waals surface area contributed by atoms with Crippen molar-refractivity contribution in [2.75, 3.05) is 0 Å². The van der Waals surface area contributed by atoms with Gasteiger partial charge in [0, 0.05) is 11.1 Å². The first-order valence-corrected chi connectivity index (χ1v) is 8.45. The molecule has 1 nitrogen and oxygen atoms in total. The Labute approximate surface area is 128 Å². The lowest BCUT2D eigenvalue weighted by Gasteiger charge is -2.22. The molecule has 0 aliphatic heterocycles. The van der Waals surface area contributed by atoms with Gasteiger partial charge in [-0.05, 0) is 78.8 Å². The average molecular weight is 281 g/mol. The topological polar surface area (TPSA) is 12.9 Å². The van der Waals surface area contributed by atoms with E-state index >= 15 is 0 Å². The Kier molecular flexibility index (Phi) is 3.77. The number of hydrogen-bond donors (Lipinski definition) is 0. The number of rotatable bonds is 2. The number of nitrogens with zero attached hydrogens (tertiary/aromatic N) is 1. The fourth-order valence-corrected chi connectivity index (χ4v) is 3.64. The molecule has 21 heavy (non-hydrogen) atoms. The summed E-state index contributed by atoms with van der Waals surface area (Å²) in [6.07, 6.45) is 5.16. The Morgan fingerprint density at radius 3 is 2.33 bits per heavy atom. The van der Waals surface area contributed by atoms with Crippen LogP contribution in [0.3, 0.4) is 0 Å². The molecule has 1 heteroatoms. The van der Waals surface area contributed by atoms with Crippen LogP contribution in [-0.2, 0) is 12.8 Å². The first kappa shape index (κ1) is 14.6. The van der Waals surface area contributed by atoms with Gasteiger partial charge in [0.2, 0.25) is 0 Å². The first-order valence-electron chi connectivity index (χ1n) is 8.45. The maximum absolute atomic E-state index is 5.03. The lowest BCUT2D eigenvalue weighted by Crippen LogP contribution is -2.08. The van der Waals surface area contributed by atoms with E-state index in [2.05, 4.69) is 46.8 Å². The third-order valence-corrected chi connectivity index (χ3v) is 4.96. The molecule has 3 rings (SSSR count). The van der Waals surface area contributed by atoms with Crippen molar-refractivity contribution in [1.29, 1.82) is 0 Å². The number of aromatic nitrogens is 1. The predicted molar refractivity (Wildman–Crippen MR) is 91.3 cm³/mol. The number of aryl methyl sites for hydroxylation is 2. The minimum absolute atomic E-state index is 0.488. The molecule has 112 valence electrons. The van der Waals surface area contributed by atoms with Crippen LogP contribution >= 0.6 is 0 Å². The summed E-state index contributed by atoms with van der Waals surface area (Å²) in [5.41, 5.74) is 8.56. The Hall–Kier alpha value is -1.37. The first-order chi connectivity index (χ1) is 9.99. The molecule has 0 radical (unpaired) electrons. The van der Waals surface area contributed by atoms with Gasteiger partial charge in [0.1, 0.15) is 0 Å². The second-order valence-electron chi connectivity index (χ2n) is 7.19. The fourth-order valence-electron chi connectivity index (χ4n) is 3.64. The van der Waals surface area contributed by atoms with Gasteiger partial charge < -0.3 is 0 Å². The molecule has 0 bridgehead atoms. The highest BCUT2D eigenvalue weighted by molar-refractivity contribution is 5.88. The summed E-state index contributed by atoms with van der Waals surface area (Å²) in [7, 11) is 0. The molecule has 1 aromatic carbocycles. The van der Waals surface area contributed by atoms with Gasteiger partial charge in [-0.2, -0.15) is 0 Å². The van der Waals surface area contributed by atoms with Crippen LogP contribution in [0, 0.1) is 6.92 Å². The van der Waals surface area contributed by atoms with Crippen molar-refractivity contribution in [3.05, 3.63) is 40.1 Å². The zero-order chi connectivity index (χ0) is 15.1. The maximum atomic E-state index is 5.03. The summed E-state index contributed by atoms with van der Waals surface area (Å²) in [5, 5.41) is 1.40. The monoisotopic (exact) mass is 281 g/mol. The number of benzene rings is 1. The Morgan fingerprint density at radius 1 is 0.952 bits per heavy atom. The van der Waals surface area contributed by atoms with Gasteiger partial charge in [-0.25, -0.2) is 0 Å². The smallest absolute Gasteiger partial charge is 0.0740 e. The van der Waals surface area contributed by atoms with Crippen LogP contribution in [0.25, 0.3) is 10.9 Å². The molecule has 1 aliphatic carbocycles. The maximum Gasteiger partial charge on any atom is 0.0740 e. The molecule has 1 heterocycles. The van der Waals surface area contributed by atoms with Crippen LogP contribution in [0.1, 0.15) is 80.3 Å². The van der Waals surface area contributed by atoms with E-state index in [1.807, 2.05) is 0 Å². The summed E-state index contributed by atoms with van der Waals surface area (Å²) in [4.78, 5) is 5.03. The molecule has 0 saturated carbocycles. The number of pyridine rings is 1. The highest BCUT2D eigenvalue weighted by Crippen LogP contribution is 2.35. The van der Waals surface area contributed by atoms with E-state index in [4.69, 9.17) is 4.98 Å². The molecule has 2 aromatic rings. The fraction of sp³-hybridized carbons (Fsp3) is 0.550. The van der Waals surface area contributed by atoms with Crippen molar-refractivity contribution in [2.24, 2.45) is 0 Å². The molecule has 1 aromatic heterocycles. The summed E-state index contributed by atoms with van der Waals surface area (Å²) in [6, 6.07) is 4.79. The van der Waals surface area contributed by atoms with E-state index in [1.165, 1.54) is 53.4 Å². The van der Waals surface area contributed by atoms with E-state index in [9.17, 15) is 0 Å². The molecule has 0 amide bonds. The van der Waals surface area contributed by atoms with Crippen LogP contribution in [-0.4, -0.2) is 4.98 Å². The highest BCUT2D eigenvalue weighted by atomic mass is 14.7. The number of hydrogen-bond acceptors (Lipinski definition) is 1. The largest absolute Gasteiger partial charge is 0.252 e. The average Bonchev–Trinajstić information content (AvgIpc) is 2.46. The van der Waals surface area contributed by atoms with Crippen molar-refractivity contribution in [3.8, 4) is 0 Å². The van der Waals surface area contributed by atoms with Crippen molar-refractivity contribution < 1.29 is 0 Å².